The van der Waals surface area contributed by atoms with E-state index in [0.29, 0.717) is 24.9 Å². The summed E-state index contributed by atoms with van der Waals surface area (Å²) in [5.41, 5.74) is 0.466. The van der Waals surface area contributed by atoms with Crippen LogP contribution in [0.3, 0.4) is 0 Å². The van der Waals surface area contributed by atoms with Crippen molar-refractivity contribution in [1.29, 1.82) is 0 Å². The largest absolute Gasteiger partial charge is 1.00 e. The Bertz CT molecular complexity index is 408. The van der Waals surface area contributed by atoms with Gasteiger partial charge in [-0.25, -0.2) is 9.97 Å². The van der Waals surface area contributed by atoms with E-state index in [2.05, 4.69) is 9.97 Å². The molecule has 1 fully saturated rings. The molecule has 1 aliphatic rings. The molecule has 0 spiro atoms. The molecule has 1 aliphatic heterocycles. The van der Waals surface area contributed by atoms with Crippen molar-refractivity contribution >= 4 is 11.9 Å². The van der Waals surface area contributed by atoms with Crippen LogP contribution in [0.2, 0.25) is 0 Å². The molecule has 6 nitrogen and oxygen atoms in total. The number of carbonyl (C=O) groups excluding carboxylic acids is 1. The van der Waals surface area contributed by atoms with Crippen molar-refractivity contribution in [3.63, 3.8) is 0 Å². The fraction of sp³-hybridized carbons (Fsp3) is 0.500. The molecule has 0 unspecified atom stereocenters. The van der Waals surface area contributed by atoms with Gasteiger partial charge >= 0.3 is 29.6 Å². The minimum atomic E-state index is -1.24. The molecule has 2 rings (SSSR count). The first-order valence-electron chi connectivity index (χ1n) is 5.06. The first-order valence-corrected chi connectivity index (χ1v) is 5.06. The van der Waals surface area contributed by atoms with E-state index in [1.807, 2.05) is 4.90 Å². The van der Waals surface area contributed by atoms with E-state index in [4.69, 9.17) is 4.74 Å². The van der Waals surface area contributed by atoms with Gasteiger partial charge in [-0.05, 0) is 6.92 Å². The monoisotopic (exact) mass is 245 g/mol. The molecule has 7 heteroatoms. The molecule has 0 radical (unpaired) electrons. The van der Waals surface area contributed by atoms with Gasteiger partial charge in [0.15, 0.2) is 0 Å². The maximum atomic E-state index is 10.7. The molecule has 1 aromatic rings. The third kappa shape index (κ3) is 3.38. The zero-order valence-electron chi connectivity index (χ0n) is 9.97. The van der Waals surface area contributed by atoms with Crippen LogP contribution in [0.15, 0.2) is 6.20 Å². The second-order valence-corrected chi connectivity index (χ2v) is 3.56. The van der Waals surface area contributed by atoms with E-state index in [1.165, 1.54) is 6.20 Å². The number of carbonyl (C=O) groups is 1. The Balaban J connectivity index is 0.00000144. The number of carboxylic acid groups (broad SMARTS) is 1. The van der Waals surface area contributed by atoms with Gasteiger partial charge in [0.2, 0.25) is 5.95 Å². The average Bonchev–Trinajstić information content (AvgIpc) is 2.29. The maximum absolute atomic E-state index is 10.7. The van der Waals surface area contributed by atoms with E-state index >= 15 is 0 Å². The Morgan fingerprint density at radius 1 is 1.47 bits per heavy atom. The second kappa shape index (κ2) is 6.30. The van der Waals surface area contributed by atoms with Crippen molar-refractivity contribution in [3.8, 4) is 0 Å². The van der Waals surface area contributed by atoms with Crippen molar-refractivity contribution in [2.45, 2.75) is 6.92 Å². The quantitative estimate of drug-likeness (QED) is 0.494. The molecule has 17 heavy (non-hydrogen) atoms. The molecule has 0 atom stereocenters. The van der Waals surface area contributed by atoms with Crippen LogP contribution in [0.4, 0.5) is 5.95 Å². The number of anilines is 1. The SMILES string of the molecule is Cc1nc(N2CCOCC2)ncc1C(=O)[O-].[Na+]. The molecule has 0 bridgehead atoms. The van der Waals surface area contributed by atoms with Crippen LogP contribution in [-0.2, 0) is 4.74 Å². The molecule has 0 saturated carbocycles. The minimum Gasteiger partial charge on any atom is -0.545 e. The minimum absolute atomic E-state index is 0. The molecule has 0 aliphatic carbocycles. The summed E-state index contributed by atoms with van der Waals surface area (Å²) in [5.74, 6) is -0.697. The van der Waals surface area contributed by atoms with Crippen molar-refractivity contribution in [2.75, 3.05) is 31.2 Å². The number of hydrogen-bond donors (Lipinski definition) is 0. The molecule has 0 amide bonds. The normalized spacial score (nSPS) is 15.2. The van der Waals surface area contributed by atoms with Crippen LogP contribution in [0, 0.1) is 6.92 Å². The van der Waals surface area contributed by atoms with E-state index in [-0.39, 0.29) is 35.1 Å². The number of hydrogen-bond acceptors (Lipinski definition) is 6. The number of rotatable bonds is 2. The van der Waals surface area contributed by atoms with E-state index in [1.54, 1.807) is 6.92 Å². The van der Waals surface area contributed by atoms with Gasteiger partial charge in [0.1, 0.15) is 0 Å². The van der Waals surface area contributed by atoms with Crippen molar-refractivity contribution in [1.82, 2.24) is 9.97 Å². The molecule has 1 saturated heterocycles. The van der Waals surface area contributed by atoms with Gasteiger partial charge in [0, 0.05) is 24.8 Å². The third-order valence-corrected chi connectivity index (χ3v) is 2.48. The van der Waals surface area contributed by atoms with Gasteiger partial charge in [-0.1, -0.05) is 0 Å². The van der Waals surface area contributed by atoms with Gasteiger partial charge in [0.05, 0.1) is 24.9 Å². The number of ether oxygens (including phenoxy) is 1. The summed E-state index contributed by atoms with van der Waals surface area (Å²) in [6.45, 7) is 4.38. The number of aryl methyl sites for hydroxylation is 1. The van der Waals surface area contributed by atoms with Gasteiger partial charge in [0.25, 0.3) is 0 Å². The number of carboxylic acids is 1. The first kappa shape index (κ1) is 14.4. The number of nitrogens with zero attached hydrogens (tertiary/aromatic N) is 3. The molecular formula is C10H12N3NaO3. The Hall–Kier alpha value is -0.690. The first-order chi connectivity index (χ1) is 7.68. The fourth-order valence-corrected chi connectivity index (χ4v) is 1.57. The number of aromatic carboxylic acids is 1. The predicted octanol–water partition coefficient (Wildman–Crippen LogP) is -4.01. The van der Waals surface area contributed by atoms with Crippen molar-refractivity contribution in [2.24, 2.45) is 0 Å². The van der Waals surface area contributed by atoms with E-state index in [9.17, 15) is 9.90 Å². The summed E-state index contributed by atoms with van der Waals surface area (Å²) >= 11 is 0. The molecule has 86 valence electrons. The van der Waals surface area contributed by atoms with Gasteiger partial charge in [-0.2, -0.15) is 0 Å². The third-order valence-electron chi connectivity index (χ3n) is 2.48. The molecular weight excluding hydrogens is 233 g/mol. The van der Waals surface area contributed by atoms with Crippen molar-refractivity contribution in [3.05, 3.63) is 17.5 Å². The summed E-state index contributed by atoms with van der Waals surface area (Å²) in [6, 6.07) is 0. The topological polar surface area (TPSA) is 78.4 Å². The van der Waals surface area contributed by atoms with Crippen molar-refractivity contribution < 1.29 is 44.2 Å². The molecule has 1 aromatic heterocycles. The Labute approximate surface area is 121 Å². The summed E-state index contributed by atoms with van der Waals surface area (Å²) < 4.78 is 5.21. The number of morpholine rings is 1. The standard InChI is InChI=1S/C10H13N3O3.Na/c1-7-8(9(14)15)6-11-10(12-7)13-2-4-16-5-3-13;/h6H,2-5H2,1H3,(H,14,15);/q;+1/p-1. The molecule has 2 heterocycles. The Kier molecular flexibility index (Phi) is 5.32. The van der Waals surface area contributed by atoms with E-state index < -0.39 is 5.97 Å². The molecule has 0 aromatic carbocycles. The summed E-state index contributed by atoms with van der Waals surface area (Å²) in [7, 11) is 0. The van der Waals surface area contributed by atoms with Crippen LogP contribution < -0.4 is 39.6 Å². The van der Waals surface area contributed by atoms with Gasteiger partial charge in [-0.3, -0.25) is 0 Å². The number of aromatic nitrogens is 2. The van der Waals surface area contributed by atoms with Crippen LogP contribution in [0.25, 0.3) is 0 Å². The summed E-state index contributed by atoms with van der Waals surface area (Å²) in [4.78, 5) is 20.8. The predicted molar refractivity (Wildman–Crippen MR) is 54.1 cm³/mol. The van der Waals surface area contributed by atoms with Crippen LogP contribution in [0.1, 0.15) is 16.1 Å². The molecule has 0 N–H and O–H groups in total. The maximum Gasteiger partial charge on any atom is 1.00 e. The van der Waals surface area contributed by atoms with E-state index in [0.717, 1.165) is 13.1 Å². The summed E-state index contributed by atoms with van der Waals surface area (Å²) in [6.07, 6.45) is 1.29. The van der Waals surface area contributed by atoms with Crippen LogP contribution in [-0.4, -0.2) is 42.2 Å². The van der Waals surface area contributed by atoms with Gasteiger partial charge in [-0.15, -0.1) is 0 Å². The Morgan fingerprint density at radius 2 is 2.12 bits per heavy atom. The summed E-state index contributed by atoms with van der Waals surface area (Å²) in [5, 5.41) is 10.7. The average molecular weight is 245 g/mol. The van der Waals surface area contributed by atoms with Crippen LogP contribution >= 0.6 is 0 Å². The zero-order chi connectivity index (χ0) is 11.5. The second-order valence-electron chi connectivity index (χ2n) is 3.56. The zero-order valence-corrected chi connectivity index (χ0v) is 12.0. The van der Waals surface area contributed by atoms with Gasteiger partial charge < -0.3 is 19.5 Å². The van der Waals surface area contributed by atoms with Crippen LogP contribution in [0.5, 0.6) is 0 Å². The Morgan fingerprint density at radius 3 is 2.65 bits per heavy atom. The smallest absolute Gasteiger partial charge is 0.545 e. The fourth-order valence-electron chi connectivity index (χ4n) is 1.57.